The summed E-state index contributed by atoms with van der Waals surface area (Å²) in [5.74, 6) is -1.33. The summed E-state index contributed by atoms with van der Waals surface area (Å²) in [6.45, 7) is 1.51. The molecule has 3 unspecified atom stereocenters. The van der Waals surface area contributed by atoms with Crippen molar-refractivity contribution in [1.29, 1.82) is 0 Å². The Kier molecular flexibility index (Phi) is 7.88. The molecule has 0 saturated carbocycles. The number of pyridine rings is 2. The molecule has 0 spiro atoms. The van der Waals surface area contributed by atoms with Crippen molar-refractivity contribution in [3.05, 3.63) is 71.5 Å². The van der Waals surface area contributed by atoms with Crippen molar-refractivity contribution in [2.75, 3.05) is 13.1 Å². The Balaban J connectivity index is 1.31. The van der Waals surface area contributed by atoms with E-state index in [1.165, 1.54) is 34.6 Å². The van der Waals surface area contributed by atoms with Crippen LogP contribution in [0.15, 0.2) is 61.1 Å². The highest BCUT2D eigenvalue weighted by Gasteiger charge is 2.55. The van der Waals surface area contributed by atoms with Crippen molar-refractivity contribution in [3.8, 4) is 10.6 Å². The van der Waals surface area contributed by atoms with Gasteiger partial charge in [-0.1, -0.05) is 19.4 Å². The minimum Gasteiger partial charge on any atom is -0.340 e. The predicted molar refractivity (Wildman–Crippen MR) is 147 cm³/mol. The molecule has 2 aliphatic rings. The topological polar surface area (TPSA) is 147 Å². The normalized spacial score (nSPS) is 19.8. The van der Waals surface area contributed by atoms with Crippen LogP contribution in [0.2, 0.25) is 0 Å². The van der Waals surface area contributed by atoms with Gasteiger partial charge in [0.15, 0.2) is 5.78 Å². The average molecular weight is 582 g/mol. The summed E-state index contributed by atoms with van der Waals surface area (Å²) in [7, 11) is -4.51. The van der Waals surface area contributed by atoms with Gasteiger partial charge in [-0.05, 0) is 49.2 Å². The molecule has 13 heteroatoms. The maximum atomic E-state index is 13.6. The van der Waals surface area contributed by atoms with Gasteiger partial charge in [-0.25, -0.2) is 8.42 Å². The smallest absolute Gasteiger partial charge is 0.293 e. The number of rotatable bonds is 8. The van der Waals surface area contributed by atoms with Crippen LogP contribution < -0.4 is 5.32 Å². The number of nitrogens with zero attached hydrogens (tertiary/aromatic N) is 4. The van der Waals surface area contributed by atoms with Crippen LogP contribution in [0.3, 0.4) is 0 Å². The minimum atomic E-state index is -4.51. The van der Waals surface area contributed by atoms with E-state index in [1.54, 1.807) is 24.4 Å². The molecule has 2 amide bonds. The van der Waals surface area contributed by atoms with E-state index in [1.807, 2.05) is 19.1 Å². The van der Waals surface area contributed by atoms with Crippen molar-refractivity contribution in [3.63, 3.8) is 0 Å². The predicted octanol–water partition coefficient (Wildman–Crippen LogP) is 2.13. The fourth-order valence-electron chi connectivity index (χ4n) is 5.16. The minimum absolute atomic E-state index is 0.102. The van der Waals surface area contributed by atoms with Crippen LogP contribution in [-0.2, 0) is 19.6 Å². The number of fused-ring (bicyclic) bond motifs is 1. The van der Waals surface area contributed by atoms with Crippen molar-refractivity contribution >= 4 is 44.1 Å². The maximum absolute atomic E-state index is 13.6. The molecule has 0 bridgehead atoms. The van der Waals surface area contributed by atoms with Gasteiger partial charge in [0.25, 0.3) is 21.0 Å². The first-order valence-electron chi connectivity index (χ1n) is 12.8. The third kappa shape index (κ3) is 5.19. The molecule has 5 heterocycles. The van der Waals surface area contributed by atoms with E-state index in [2.05, 4.69) is 15.3 Å². The molecule has 3 atom stereocenters. The number of amides is 2. The van der Waals surface area contributed by atoms with Crippen molar-refractivity contribution < 1.29 is 27.6 Å². The third-order valence-electron chi connectivity index (χ3n) is 7.03. The number of thiophene rings is 1. The van der Waals surface area contributed by atoms with Gasteiger partial charge in [-0.2, -0.15) is 4.31 Å². The fraction of sp³-hybridized carbons (Fsp3) is 0.333. The molecule has 0 radical (unpaired) electrons. The highest BCUT2D eigenvalue weighted by molar-refractivity contribution is 8.04. The molecule has 3 aromatic heterocycles. The van der Waals surface area contributed by atoms with Gasteiger partial charge < -0.3 is 10.2 Å². The molecule has 2 aliphatic heterocycles. The fourth-order valence-corrected chi connectivity index (χ4v) is 7.55. The summed E-state index contributed by atoms with van der Waals surface area (Å²) in [5, 5.41) is 1.66. The van der Waals surface area contributed by atoms with Crippen LogP contribution in [0, 0.1) is 0 Å². The van der Waals surface area contributed by atoms with E-state index in [0.717, 1.165) is 21.1 Å². The Morgan fingerprint density at radius 1 is 1.12 bits per heavy atom. The monoisotopic (exact) mass is 581 g/mol. The van der Waals surface area contributed by atoms with Gasteiger partial charge in [0.2, 0.25) is 5.91 Å². The van der Waals surface area contributed by atoms with Gasteiger partial charge in [-0.3, -0.25) is 29.1 Å². The van der Waals surface area contributed by atoms with Crippen LogP contribution in [0.1, 0.15) is 46.2 Å². The number of carbonyl (C=O) groups excluding carboxylic acids is 4. The lowest BCUT2D eigenvalue weighted by Gasteiger charge is -2.28. The Labute approximate surface area is 235 Å². The summed E-state index contributed by atoms with van der Waals surface area (Å²) >= 11 is 1.25. The van der Waals surface area contributed by atoms with Crippen molar-refractivity contribution in [2.45, 2.75) is 44.3 Å². The maximum Gasteiger partial charge on any atom is 0.293 e. The molecule has 1 N–H and O–H groups in total. The molecule has 0 aliphatic carbocycles. The zero-order valence-corrected chi connectivity index (χ0v) is 23.2. The standard InChI is InChI=1S/C27H27N5O6S2/c1-2-6-19(30-25(34)23-10-9-22(39-23)18-8-3-4-13-29-18)26(35)31-14-11-20-24(31)21(33)16-32(20)40(37,38)27(36)17-7-5-12-28-15-17/h3-5,7-10,12-13,15,19-20,24H,2,6,11,14,16H2,1H3,(H,30,34). The number of nitrogens with one attached hydrogen (secondary N) is 1. The zero-order chi connectivity index (χ0) is 28.4. The Morgan fingerprint density at radius 2 is 1.95 bits per heavy atom. The molecule has 5 rings (SSSR count). The van der Waals surface area contributed by atoms with Crippen LogP contribution in [-0.4, -0.2) is 81.5 Å². The average Bonchev–Trinajstić information content (AvgIpc) is 3.70. The largest absolute Gasteiger partial charge is 0.340 e. The third-order valence-corrected chi connectivity index (χ3v) is 9.86. The molecule has 11 nitrogen and oxygen atoms in total. The summed E-state index contributed by atoms with van der Waals surface area (Å²) in [5.41, 5.74) is 0.631. The van der Waals surface area contributed by atoms with Crippen LogP contribution in [0.4, 0.5) is 0 Å². The SMILES string of the molecule is CCCC(NC(=O)c1ccc(-c2ccccn2)s1)C(=O)N1CCC2C1C(=O)CN2S(=O)(=O)C(=O)c1cccnc1. The van der Waals surface area contributed by atoms with Crippen LogP contribution in [0.5, 0.6) is 0 Å². The van der Waals surface area contributed by atoms with Gasteiger partial charge in [-0.15, -0.1) is 11.3 Å². The molecule has 3 aromatic rings. The van der Waals surface area contributed by atoms with Crippen LogP contribution >= 0.6 is 11.3 Å². The van der Waals surface area contributed by atoms with Gasteiger partial charge in [0.1, 0.15) is 12.1 Å². The van der Waals surface area contributed by atoms with E-state index in [9.17, 15) is 27.6 Å². The van der Waals surface area contributed by atoms with Gasteiger partial charge in [0, 0.05) is 25.1 Å². The summed E-state index contributed by atoms with van der Waals surface area (Å²) in [6.07, 6.45) is 5.38. The summed E-state index contributed by atoms with van der Waals surface area (Å²) in [6, 6.07) is 9.00. The highest BCUT2D eigenvalue weighted by atomic mass is 32.2. The number of likely N-dealkylation sites (tertiary alicyclic amines) is 1. The van der Waals surface area contributed by atoms with Crippen molar-refractivity contribution in [1.82, 2.24) is 24.5 Å². The zero-order valence-electron chi connectivity index (χ0n) is 21.6. The lowest BCUT2D eigenvalue weighted by molar-refractivity contribution is -0.138. The van der Waals surface area contributed by atoms with Gasteiger partial charge >= 0.3 is 0 Å². The second-order valence-corrected chi connectivity index (χ2v) is 12.4. The Morgan fingerprint density at radius 3 is 2.65 bits per heavy atom. The van der Waals surface area contributed by atoms with E-state index in [-0.39, 0.29) is 18.5 Å². The first-order chi connectivity index (χ1) is 19.2. The second kappa shape index (κ2) is 11.4. The lowest BCUT2D eigenvalue weighted by atomic mass is 10.1. The molecule has 40 heavy (non-hydrogen) atoms. The van der Waals surface area contributed by atoms with Crippen molar-refractivity contribution in [2.24, 2.45) is 0 Å². The molecule has 0 aromatic carbocycles. The quantitative estimate of drug-likeness (QED) is 0.426. The Bertz CT molecular complexity index is 1540. The molecular formula is C27H27N5O6S2. The van der Waals surface area contributed by atoms with Gasteiger partial charge in [0.05, 0.1) is 33.6 Å². The van der Waals surface area contributed by atoms with Crippen LogP contribution in [0.25, 0.3) is 10.6 Å². The summed E-state index contributed by atoms with van der Waals surface area (Å²) < 4.78 is 27.3. The number of hydrogen-bond acceptors (Lipinski definition) is 9. The number of aromatic nitrogens is 2. The van der Waals surface area contributed by atoms with E-state index < -0.39 is 57.4 Å². The highest BCUT2D eigenvalue weighted by Crippen LogP contribution is 2.33. The van der Waals surface area contributed by atoms with E-state index in [0.29, 0.717) is 17.7 Å². The first-order valence-corrected chi connectivity index (χ1v) is 15.1. The lowest BCUT2D eigenvalue weighted by Crippen LogP contribution is -2.52. The number of carbonyl (C=O) groups is 4. The first kappa shape index (κ1) is 27.7. The summed E-state index contributed by atoms with van der Waals surface area (Å²) in [4.78, 5) is 63.2. The Hall–Kier alpha value is -3.81. The van der Waals surface area contributed by atoms with E-state index >= 15 is 0 Å². The molecule has 2 fully saturated rings. The molecule has 2 saturated heterocycles. The molecule has 208 valence electrons. The molecular weight excluding hydrogens is 554 g/mol. The number of ketones is 1. The second-order valence-electron chi connectivity index (χ2n) is 9.57. The number of sulfonamides is 1. The number of Topliss-reactive ketones (excluding diaryl/α,β-unsaturated/α-hetero) is 1. The number of hydrogen-bond donors (Lipinski definition) is 1. The van der Waals surface area contributed by atoms with E-state index in [4.69, 9.17) is 0 Å².